The zero-order valence-electron chi connectivity index (χ0n) is 13.0. The van der Waals surface area contributed by atoms with E-state index in [-0.39, 0.29) is 11.4 Å². The molecule has 2 fully saturated rings. The zero-order chi connectivity index (χ0) is 15.3. The molecule has 2 aliphatic heterocycles. The number of amides is 1. The molecule has 22 heavy (non-hydrogen) atoms. The number of carbonyl (C=O) groups is 1. The van der Waals surface area contributed by atoms with Crippen molar-refractivity contribution in [2.24, 2.45) is 0 Å². The van der Waals surface area contributed by atoms with Gasteiger partial charge in [0.1, 0.15) is 6.33 Å². The zero-order valence-corrected chi connectivity index (χ0v) is 13.0. The van der Waals surface area contributed by atoms with Gasteiger partial charge in [0.25, 0.3) is 5.91 Å². The molecule has 120 valence electrons. The summed E-state index contributed by atoms with van der Waals surface area (Å²) in [5.74, 6) is -0.0940. The highest BCUT2D eigenvalue weighted by molar-refractivity contribution is 5.93. The van der Waals surface area contributed by atoms with Crippen LogP contribution in [0.3, 0.4) is 0 Å². The summed E-state index contributed by atoms with van der Waals surface area (Å²) in [6, 6.07) is 0. The largest absolute Gasteiger partial charge is 0.381 e. The van der Waals surface area contributed by atoms with Gasteiger partial charge in [0.15, 0.2) is 0 Å². The fourth-order valence-corrected chi connectivity index (χ4v) is 3.49. The third-order valence-electron chi connectivity index (χ3n) is 4.85. The summed E-state index contributed by atoms with van der Waals surface area (Å²) in [4.78, 5) is 22.7. The first-order valence-electron chi connectivity index (χ1n) is 8.16. The van der Waals surface area contributed by atoms with Crippen LogP contribution < -0.4 is 5.32 Å². The maximum atomic E-state index is 12.3. The molecule has 0 radical (unpaired) electrons. The van der Waals surface area contributed by atoms with E-state index in [9.17, 15) is 4.79 Å². The lowest BCUT2D eigenvalue weighted by Gasteiger charge is -2.48. The monoisotopic (exact) mass is 304 g/mol. The van der Waals surface area contributed by atoms with Crippen LogP contribution in [0.2, 0.25) is 0 Å². The minimum Gasteiger partial charge on any atom is -0.381 e. The lowest BCUT2D eigenvalue weighted by molar-refractivity contribution is -0.0349. The fraction of sp³-hybridized carbons (Fsp3) is 0.688. The van der Waals surface area contributed by atoms with Crippen molar-refractivity contribution in [3.63, 3.8) is 0 Å². The number of rotatable bonds is 4. The molecular weight excluding hydrogens is 280 g/mol. The molecule has 1 aromatic heterocycles. The summed E-state index contributed by atoms with van der Waals surface area (Å²) in [5.41, 5.74) is 0.563. The Bertz CT molecular complexity index is 482. The Hall–Kier alpha value is -1.53. The van der Waals surface area contributed by atoms with Gasteiger partial charge < -0.3 is 10.1 Å². The lowest BCUT2D eigenvalue weighted by Crippen LogP contribution is -2.59. The summed E-state index contributed by atoms with van der Waals surface area (Å²) in [5, 5.41) is 3.09. The van der Waals surface area contributed by atoms with Crippen molar-refractivity contribution >= 4 is 5.91 Å². The quantitative estimate of drug-likeness (QED) is 0.906. The maximum Gasteiger partial charge on any atom is 0.254 e. The van der Waals surface area contributed by atoms with E-state index in [1.807, 2.05) is 0 Å². The van der Waals surface area contributed by atoms with Crippen molar-refractivity contribution in [3.05, 3.63) is 24.3 Å². The topological polar surface area (TPSA) is 67.4 Å². The smallest absolute Gasteiger partial charge is 0.254 e. The first-order chi connectivity index (χ1) is 10.8. The Morgan fingerprint density at radius 3 is 2.55 bits per heavy atom. The number of carbonyl (C=O) groups excluding carboxylic acids is 1. The van der Waals surface area contributed by atoms with Crippen molar-refractivity contribution in [1.82, 2.24) is 20.2 Å². The number of hydrogen-bond donors (Lipinski definition) is 1. The van der Waals surface area contributed by atoms with Gasteiger partial charge in [-0.15, -0.1) is 0 Å². The molecule has 1 N–H and O–H groups in total. The van der Waals surface area contributed by atoms with E-state index < -0.39 is 0 Å². The summed E-state index contributed by atoms with van der Waals surface area (Å²) in [7, 11) is 0. The molecule has 6 nitrogen and oxygen atoms in total. The third-order valence-corrected chi connectivity index (χ3v) is 4.85. The Kier molecular flexibility index (Phi) is 5.00. The predicted molar refractivity (Wildman–Crippen MR) is 82.6 cm³/mol. The van der Waals surface area contributed by atoms with Gasteiger partial charge in [-0.05, 0) is 38.8 Å². The molecule has 1 aromatic rings. The van der Waals surface area contributed by atoms with Crippen molar-refractivity contribution in [2.45, 2.75) is 37.6 Å². The minimum atomic E-state index is -0.0940. The molecule has 0 atom stereocenters. The van der Waals surface area contributed by atoms with Crippen LogP contribution >= 0.6 is 0 Å². The molecule has 0 saturated carbocycles. The van der Waals surface area contributed by atoms with Gasteiger partial charge in [-0.25, -0.2) is 9.97 Å². The van der Waals surface area contributed by atoms with Crippen LogP contribution in [0.5, 0.6) is 0 Å². The second-order valence-electron chi connectivity index (χ2n) is 6.19. The van der Waals surface area contributed by atoms with Gasteiger partial charge >= 0.3 is 0 Å². The maximum absolute atomic E-state index is 12.3. The van der Waals surface area contributed by atoms with Crippen LogP contribution in [0.15, 0.2) is 18.7 Å². The first kappa shape index (κ1) is 15.4. The Labute approximate surface area is 131 Å². The average molecular weight is 304 g/mol. The lowest BCUT2D eigenvalue weighted by atomic mass is 9.86. The summed E-state index contributed by atoms with van der Waals surface area (Å²) in [6.07, 6.45) is 10.3. The highest BCUT2D eigenvalue weighted by atomic mass is 16.5. The Morgan fingerprint density at radius 1 is 1.18 bits per heavy atom. The van der Waals surface area contributed by atoms with E-state index in [4.69, 9.17) is 4.74 Å². The van der Waals surface area contributed by atoms with E-state index >= 15 is 0 Å². The number of aromatic nitrogens is 2. The molecule has 3 heterocycles. The number of ether oxygens (including phenoxy) is 1. The second-order valence-corrected chi connectivity index (χ2v) is 6.19. The second kappa shape index (κ2) is 7.15. The van der Waals surface area contributed by atoms with Crippen molar-refractivity contribution in [2.75, 3.05) is 32.8 Å². The molecule has 6 heteroatoms. The van der Waals surface area contributed by atoms with E-state index in [0.29, 0.717) is 12.1 Å². The average Bonchev–Trinajstić information content (AvgIpc) is 2.62. The summed E-state index contributed by atoms with van der Waals surface area (Å²) in [6.45, 7) is 4.49. The predicted octanol–water partition coefficient (Wildman–Crippen LogP) is 1.24. The van der Waals surface area contributed by atoms with Gasteiger partial charge in [-0.3, -0.25) is 9.69 Å². The van der Waals surface area contributed by atoms with E-state index in [0.717, 1.165) is 39.1 Å². The SMILES string of the molecule is O=C(NCC1(N2CCCCC2)CCOCC1)c1cncnc1. The number of nitrogens with zero attached hydrogens (tertiary/aromatic N) is 3. The molecule has 0 aromatic carbocycles. The van der Waals surface area contributed by atoms with Gasteiger partial charge in [-0.2, -0.15) is 0 Å². The van der Waals surface area contributed by atoms with Crippen LogP contribution in [0.4, 0.5) is 0 Å². The number of likely N-dealkylation sites (tertiary alicyclic amines) is 1. The third kappa shape index (κ3) is 3.44. The van der Waals surface area contributed by atoms with E-state index in [1.165, 1.54) is 25.6 Å². The van der Waals surface area contributed by atoms with Crippen LogP contribution in [0.25, 0.3) is 0 Å². The Balaban J connectivity index is 1.66. The number of hydrogen-bond acceptors (Lipinski definition) is 5. The molecule has 1 amide bonds. The highest BCUT2D eigenvalue weighted by Crippen LogP contribution is 2.30. The van der Waals surface area contributed by atoms with Gasteiger partial charge in [0.2, 0.25) is 0 Å². The molecule has 2 aliphatic rings. The fourth-order valence-electron chi connectivity index (χ4n) is 3.49. The van der Waals surface area contributed by atoms with Crippen LogP contribution in [-0.2, 0) is 4.74 Å². The van der Waals surface area contributed by atoms with E-state index in [1.54, 1.807) is 12.4 Å². The standard InChI is InChI=1S/C16H24N4O2/c21-15(14-10-17-13-18-11-14)19-12-16(4-8-22-9-5-16)20-6-2-1-3-7-20/h10-11,13H,1-9,12H2,(H,19,21). The van der Waals surface area contributed by atoms with Crippen molar-refractivity contribution < 1.29 is 9.53 Å². The van der Waals surface area contributed by atoms with Gasteiger partial charge in [0, 0.05) is 37.7 Å². The van der Waals surface area contributed by atoms with Crippen molar-refractivity contribution in [1.29, 1.82) is 0 Å². The molecule has 2 saturated heterocycles. The molecule has 0 spiro atoms. The normalized spacial score (nSPS) is 22.2. The molecular formula is C16H24N4O2. The van der Waals surface area contributed by atoms with Gasteiger partial charge in [0.05, 0.1) is 5.56 Å². The minimum absolute atomic E-state index is 0.0456. The van der Waals surface area contributed by atoms with Crippen LogP contribution in [0.1, 0.15) is 42.5 Å². The molecule has 3 rings (SSSR count). The van der Waals surface area contributed by atoms with Crippen LogP contribution in [-0.4, -0.2) is 59.2 Å². The van der Waals surface area contributed by atoms with E-state index in [2.05, 4.69) is 20.2 Å². The molecule has 0 bridgehead atoms. The van der Waals surface area contributed by atoms with Crippen molar-refractivity contribution in [3.8, 4) is 0 Å². The Morgan fingerprint density at radius 2 is 1.86 bits per heavy atom. The number of piperidine rings is 1. The summed E-state index contributed by atoms with van der Waals surface area (Å²) >= 11 is 0. The molecule has 0 unspecified atom stereocenters. The first-order valence-corrected chi connectivity index (χ1v) is 8.16. The summed E-state index contributed by atoms with van der Waals surface area (Å²) < 4.78 is 5.55. The van der Waals surface area contributed by atoms with Crippen LogP contribution in [0, 0.1) is 0 Å². The molecule has 0 aliphatic carbocycles. The van der Waals surface area contributed by atoms with Gasteiger partial charge in [-0.1, -0.05) is 6.42 Å². The number of nitrogens with one attached hydrogen (secondary N) is 1. The highest BCUT2D eigenvalue weighted by Gasteiger charge is 2.39.